The van der Waals surface area contributed by atoms with Crippen LogP contribution in [-0.2, 0) is 16.0 Å². The van der Waals surface area contributed by atoms with Crippen LogP contribution in [0.5, 0.6) is 0 Å². The molecule has 0 atom stereocenters. The molecule has 0 saturated carbocycles. The van der Waals surface area contributed by atoms with Gasteiger partial charge in [-0.05, 0) is 57.0 Å². The van der Waals surface area contributed by atoms with Crippen molar-refractivity contribution in [2.24, 2.45) is 0 Å². The van der Waals surface area contributed by atoms with E-state index in [1.807, 2.05) is 44.9 Å². The van der Waals surface area contributed by atoms with E-state index in [1.165, 1.54) is 11.0 Å². The van der Waals surface area contributed by atoms with E-state index in [-0.39, 0.29) is 11.7 Å². The van der Waals surface area contributed by atoms with Gasteiger partial charge in [-0.15, -0.1) is 0 Å². The third-order valence-corrected chi connectivity index (χ3v) is 7.22. The minimum absolute atomic E-state index is 0.217. The fourth-order valence-electron chi connectivity index (χ4n) is 4.66. The standard InChI is InChI=1S/C31H41FN6O4/c1-21-22(9-8-10-24(21)32)20-37(7)26-18-23(29(39)35(5)11-12-36(6)30(40)42-31(2,3)4)17-25-28(26)34-27(19-33-25)38-13-15-41-16-14-38/h8-10,17-19H,11-16,20H2,1-7H3. The molecule has 42 heavy (non-hydrogen) atoms. The van der Waals surface area contributed by atoms with Crippen molar-refractivity contribution in [3.8, 4) is 0 Å². The number of amides is 2. The van der Waals surface area contributed by atoms with Gasteiger partial charge in [0.1, 0.15) is 22.8 Å². The van der Waals surface area contributed by atoms with Gasteiger partial charge in [-0.1, -0.05) is 12.1 Å². The van der Waals surface area contributed by atoms with E-state index in [4.69, 9.17) is 19.4 Å². The molecule has 1 aliphatic rings. The second-order valence-electron chi connectivity index (χ2n) is 11.7. The third kappa shape index (κ3) is 7.44. The second-order valence-corrected chi connectivity index (χ2v) is 11.7. The third-order valence-electron chi connectivity index (χ3n) is 7.22. The van der Waals surface area contributed by atoms with Crippen LogP contribution >= 0.6 is 0 Å². The number of carbonyl (C=O) groups excluding carboxylic acids is 2. The molecule has 3 aromatic rings. The normalized spacial score (nSPS) is 13.7. The Balaban J connectivity index is 1.63. The predicted octanol–water partition coefficient (Wildman–Crippen LogP) is 4.49. The van der Waals surface area contributed by atoms with Gasteiger partial charge < -0.3 is 29.1 Å². The van der Waals surface area contributed by atoms with Gasteiger partial charge in [0.25, 0.3) is 5.91 Å². The quantitative estimate of drug-likeness (QED) is 0.385. The molecule has 1 aliphatic heterocycles. The van der Waals surface area contributed by atoms with E-state index in [1.54, 1.807) is 44.2 Å². The summed E-state index contributed by atoms with van der Waals surface area (Å²) in [6.07, 6.45) is 1.28. The van der Waals surface area contributed by atoms with Crippen molar-refractivity contribution in [2.75, 3.05) is 70.3 Å². The van der Waals surface area contributed by atoms with E-state index in [9.17, 15) is 14.0 Å². The van der Waals surface area contributed by atoms with Gasteiger partial charge in [0.15, 0.2) is 0 Å². The summed E-state index contributed by atoms with van der Waals surface area (Å²) in [7, 11) is 5.24. The molecule has 0 radical (unpaired) electrons. The highest BCUT2D eigenvalue weighted by Gasteiger charge is 2.23. The summed E-state index contributed by atoms with van der Waals surface area (Å²) in [5.41, 5.74) is 3.19. The Morgan fingerprint density at radius 3 is 2.45 bits per heavy atom. The van der Waals surface area contributed by atoms with E-state index in [0.717, 1.165) is 11.4 Å². The monoisotopic (exact) mass is 580 g/mol. The van der Waals surface area contributed by atoms with Gasteiger partial charge in [-0.2, -0.15) is 0 Å². The summed E-state index contributed by atoms with van der Waals surface area (Å²) >= 11 is 0. The molecule has 10 nitrogen and oxygen atoms in total. The highest BCUT2D eigenvalue weighted by Crippen LogP contribution is 2.30. The first-order chi connectivity index (χ1) is 19.8. The summed E-state index contributed by atoms with van der Waals surface area (Å²) in [5, 5.41) is 0. The molecule has 1 aromatic heterocycles. The zero-order valence-electron chi connectivity index (χ0n) is 25.6. The number of hydrogen-bond acceptors (Lipinski definition) is 8. The number of ether oxygens (including phenoxy) is 2. The fraction of sp³-hybridized carbons (Fsp3) is 0.484. The van der Waals surface area contributed by atoms with Crippen molar-refractivity contribution in [3.63, 3.8) is 0 Å². The molecule has 2 heterocycles. The van der Waals surface area contributed by atoms with Crippen LogP contribution < -0.4 is 9.80 Å². The number of fused-ring (bicyclic) bond motifs is 1. The lowest BCUT2D eigenvalue weighted by atomic mass is 10.1. The molecule has 4 rings (SSSR count). The van der Waals surface area contributed by atoms with Crippen LogP contribution in [0.25, 0.3) is 11.0 Å². The number of hydrogen-bond donors (Lipinski definition) is 0. The van der Waals surface area contributed by atoms with Crippen LogP contribution in [0.3, 0.4) is 0 Å². The highest BCUT2D eigenvalue weighted by molar-refractivity contribution is 6.01. The molecule has 0 bridgehead atoms. The smallest absolute Gasteiger partial charge is 0.410 e. The SMILES string of the molecule is Cc1c(F)cccc1CN(C)c1cc(C(=O)N(C)CCN(C)C(=O)OC(C)(C)C)cc2ncc(N3CCOCC3)nc12. The Morgan fingerprint density at radius 2 is 1.76 bits per heavy atom. The average Bonchev–Trinajstić information content (AvgIpc) is 2.96. The number of morpholine rings is 1. The second kappa shape index (κ2) is 12.9. The number of anilines is 2. The molecule has 2 aromatic carbocycles. The van der Waals surface area contributed by atoms with Crippen LogP contribution in [0.1, 0.15) is 42.3 Å². The number of carbonyl (C=O) groups is 2. The van der Waals surface area contributed by atoms with Crippen molar-refractivity contribution in [2.45, 2.75) is 39.8 Å². The molecular formula is C31H41FN6O4. The zero-order chi connectivity index (χ0) is 30.6. The highest BCUT2D eigenvalue weighted by atomic mass is 19.1. The van der Waals surface area contributed by atoms with Crippen LogP contribution in [0.4, 0.5) is 20.7 Å². The van der Waals surface area contributed by atoms with Crippen molar-refractivity contribution < 1.29 is 23.5 Å². The predicted molar refractivity (Wildman–Crippen MR) is 162 cm³/mol. The van der Waals surface area contributed by atoms with Gasteiger partial charge in [0, 0.05) is 59.4 Å². The summed E-state index contributed by atoms with van der Waals surface area (Å²) in [6, 6.07) is 8.59. The van der Waals surface area contributed by atoms with E-state index in [2.05, 4.69) is 4.90 Å². The van der Waals surface area contributed by atoms with Crippen LogP contribution in [0.2, 0.25) is 0 Å². The number of rotatable bonds is 8. The number of aromatic nitrogens is 2. The lowest BCUT2D eigenvalue weighted by Gasteiger charge is -2.28. The minimum Gasteiger partial charge on any atom is -0.444 e. The maximum Gasteiger partial charge on any atom is 0.410 e. The van der Waals surface area contributed by atoms with Crippen LogP contribution in [-0.4, -0.2) is 97.9 Å². The van der Waals surface area contributed by atoms with Gasteiger partial charge in [-0.25, -0.2) is 14.2 Å². The first kappa shape index (κ1) is 31.0. The molecule has 226 valence electrons. The first-order valence-corrected chi connectivity index (χ1v) is 14.1. The number of halogens is 1. The fourth-order valence-corrected chi connectivity index (χ4v) is 4.66. The molecule has 1 saturated heterocycles. The molecule has 11 heteroatoms. The van der Waals surface area contributed by atoms with E-state index >= 15 is 0 Å². The Kier molecular flexibility index (Phi) is 9.50. The van der Waals surface area contributed by atoms with Crippen molar-refractivity contribution in [1.82, 2.24) is 19.8 Å². The van der Waals surface area contributed by atoms with Gasteiger partial charge in [0.2, 0.25) is 0 Å². The lowest BCUT2D eigenvalue weighted by Crippen LogP contribution is -2.40. The lowest BCUT2D eigenvalue weighted by molar-refractivity contribution is 0.0283. The van der Waals surface area contributed by atoms with Crippen LogP contribution in [0, 0.1) is 12.7 Å². The Bertz CT molecular complexity index is 1440. The minimum atomic E-state index is -0.604. The van der Waals surface area contributed by atoms with E-state index in [0.29, 0.717) is 73.8 Å². The van der Waals surface area contributed by atoms with Crippen molar-refractivity contribution in [3.05, 3.63) is 59.0 Å². The molecular weight excluding hydrogens is 539 g/mol. The largest absolute Gasteiger partial charge is 0.444 e. The topological polar surface area (TPSA) is 91.3 Å². The Morgan fingerprint density at radius 1 is 1.07 bits per heavy atom. The van der Waals surface area contributed by atoms with Gasteiger partial charge >= 0.3 is 6.09 Å². The molecule has 1 fully saturated rings. The summed E-state index contributed by atoms with van der Waals surface area (Å²) < 4.78 is 25.2. The summed E-state index contributed by atoms with van der Waals surface area (Å²) in [5.74, 6) is 0.260. The van der Waals surface area contributed by atoms with E-state index < -0.39 is 11.7 Å². The van der Waals surface area contributed by atoms with Crippen molar-refractivity contribution >= 4 is 34.5 Å². The molecule has 0 spiro atoms. The summed E-state index contributed by atoms with van der Waals surface area (Å²) in [4.78, 5) is 42.7. The number of likely N-dealkylation sites (N-methyl/N-ethyl adjacent to an activating group) is 2. The molecule has 0 N–H and O–H groups in total. The van der Waals surface area contributed by atoms with Gasteiger partial charge in [-0.3, -0.25) is 9.78 Å². The van der Waals surface area contributed by atoms with Crippen LogP contribution in [0.15, 0.2) is 36.5 Å². The maximum atomic E-state index is 14.3. The van der Waals surface area contributed by atoms with Crippen molar-refractivity contribution in [1.29, 1.82) is 0 Å². The van der Waals surface area contributed by atoms with Gasteiger partial charge in [0.05, 0.1) is 30.6 Å². The Hall–Kier alpha value is -3.99. The first-order valence-electron chi connectivity index (χ1n) is 14.1. The zero-order valence-corrected chi connectivity index (χ0v) is 25.6. The summed E-state index contributed by atoms with van der Waals surface area (Å²) in [6.45, 7) is 10.9. The molecule has 0 unspecified atom stereocenters. The maximum absolute atomic E-state index is 14.3. The number of nitrogens with zero attached hydrogens (tertiary/aromatic N) is 6. The molecule has 0 aliphatic carbocycles. The number of benzene rings is 2. The average molecular weight is 581 g/mol. The molecule has 2 amide bonds. The Labute approximate surface area is 247 Å².